The molecule has 0 bridgehead atoms. The Kier molecular flexibility index (Phi) is 6.38. The summed E-state index contributed by atoms with van der Waals surface area (Å²) in [4.78, 5) is 2.54. The summed E-state index contributed by atoms with van der Waals surface area (Å²) in [6.45, 7) is 8.03. The quantitative estimate of drug-likeness (QED) is 0.709. The highest BCUT2D eigenvalue weighted by molar-refractivity contribution is 5.54. The van der Waals surface area contributed by atoms with Gasteiger partial charge in [0.15, 0.2) is 0 Å². The van der Waals surface area contributed by atoms with Crippen LogP contribution in [0.3, 0.4) is 0 Å². The van der Waals surface area contributed by atoms with Crippen LogP contribution in [0.25, 0.3) is 0 Å². The van der Waals surface area contributed by atoms with Crippen molar-refractivity contribution < 1.29 is 0 Å². The molecule has 2 rings (SSSR count). The lowest BCUT2D eigenvalue weighted by Crippen LogP contribution is -2.27. The van der Waals surface area contributed by atoms with Gasteiger partial charge in [0.1, 0.15) is 0 Å². The van der Waals surface area contributed by atoms with Gasteiger partial charge in [0.25, 0.3) is 0 Å². The van der Waals surface area contributed by atoms with Crippen molar-refractivity contribution >= 4 is 5.69 Å². The number of unbranched alkanes of at least 4 members (excludes halogenated alkanes) is 2. The third kappa shape index (κ3) is 4.52. The lowest BCUT2D eigenvalue weighted by molar-refractivity contribution is 0.487. The smallest absolute Gasteiger partial charge is 0.0411 e. The van der Waals surface area contributed by atoms with Crippen LogP contribution in [0.1, 0.15) is 57.9 Å². The van der Waals surface area contributed by atoms with Gasteiger partial charge in [0, 0.05) is 31.4 Å². The van der Waals surface area contributed by atoms with Gasteiger partial charge in [-0.05, 0) is 37.8 Å². The Hall–Kier alpha value is -1.02. The average Bonchev–Trinajstić information content (AvgIpc) is 3.00. The molecule has 0 aliphatic carbocycles. The monoisotopic (exact) mass is 274 g/mol. The predicted octanol–water partition coefficient (Wildman–Crippen LogP) is 4.35. The van der Waals surface area contributed by atoms with Crippen LogP contribution in [-0.4, -0.2) is 19.1 Å². The van der Waals surface area contributed by atoms with Gasteiger partial charge >= 0.3 is 0 Å². The SMILES string of the molecule is CCCCCC(C)NCc1ccccc1N1CCCC1. The van der Waals surface area contributed by atoms with Crippen LogP contribution in [0, 0.1) is 0 Å². The summed E-state index contributed by atoms with van der Waals surface area (Å²) in [5.74, 6) is 0. The number of para-hydroxylation sites is 1. The van der Waals surface area contributed by atoms with Gasteiger partial charge in [-0.3, -0.25) is 0 Å². The summed E-state index contributed by atoms with van der Waals surface area (Å²) >= 11 is 0. The molecule has 0 amide bonds. The molecule has 0 saturated carbocycles. The summed E-state index contributed by atoms with van der Waals surface area (Å²) < 4.78 is 0. The van der Waals surface area contributed by atoms with Gasteiger partial charge in [-0.1, -0.05) is 44.4 Å². The molecular weight excluding hydrogens is 244 g/mol. The van der Waals surface area contributed by atoms with E-state index in [1.165, 1.54) is 62.9 Å². The van der Waals surface area contributed by atoms with Crippen LogP contribution in [0.4, 0.5) is 5.69 Å². The molecule has 1 saturated heterocycles. The number of nitrogens with one attached hydrogen (secondary N) is 1. The minimum absolute atomic E-state index is 0.619. The predicted molar refractivity (Wildman–Crippen MR) is 88.3 cm³/mol. The Labute approximate surface area is 124 Å². The van der Waals surface area contributed by atoms with Crippen LogP contribution in [0.2, 0.25) is 0 Å². The van der Waals surface area contributed by atoms with Crippen LogP contribution in [-0.2, 0) is 6.54 Å². The summed E-state index contributed by atoms with van der Waals surface area (Å²) in [5.41, 5.74) is 2.90. The third-order valence-electron chi connectivity index (χ3n) is 4.32. The first kappa shape index (κ1) is 15.4. The number of rotatable bonds is 8. The molecule has 1 aromatic carbocycles. The molecule has 1 unspecified atom stereocenters. The fourth-order valence-corrected chi connectivity index (χ4v) is 3.01. The minimum atomic E-state index is 0.619. The number of hydrogen-bond donors (Lipinski definition) is 1. The molecule has 1 atom stereocenters. The summed E-state index contributed by atoms with van der Waals surface area (Å²) in [6, 6.07) is 9.51. The Bertz CT molecular complexity index is 383. The van der Waals surface area contributed by atoms with E-state index in [0.29, 0.717) is 6.04 Å². The fourth-order valence-electron chi connectivity index (χ4n) is 3.01. The van der Waals surface area contributed by atoms with Gasteiger partial charge in [0.2, 0.25) is 0 Å². The average molecular weight is 274 g/mol. The van der Waals surface area contributed by atoms with Crippen molar-refractivity contribution in [3.63, 3.8) is 0 Å². The maximum absolute atomic E-state index is 3.70. The van der Waals surface area contributed by atoms with Crippen LogP contribution < -0.4 is 10.2 Å². The van der Waals surface area contributed by atoms with E-state index in [1.54, 1.807) is 0 Å². The number of hydrogen-bond acceptors (Lipinski definition) is 2. The molecule has 1 heterocycles. The molecule has 0 radical (unpaired) electrons. The molecule has 0 spiro atoms. The van der Waals surface area contributed by atoms with E-state index in [0.717, 1.165) is 6.54 Å². The molecule has 1 N–H and O–H groups in total. The summed E-state index contributed by atoms with van der Waals surface area (Å²) in [6.07, 6.45) is 7.99. The van der Waals surface area contributed by atoms with Crippen molar-refractivity contribution in [3.05, 3.63) is 29.8 Å². The highest BCUT2D eigenvalue weighted by Gasteiger charge is 2.15. The maximum atomic E-state index is 3.70. The second-order valence-electron chi connectivity index (χ2n) is 6.10. The molecule has 1 aromatic rings. The molecule has 0 aromatic heterocycles. The Balaban J connectivity index is 1.85. The van der Waals surface area contributed by atoms with Gasteiger partial charge < -0.3 is 10.2 Å². The first-order chi connectivity index (χ1) is 9.81. The standard InChI is InChI=1S/C18H30N2/c1-3-4-5-10-16(2)19-15-17-11-6-7-12-18(17)20-13-8-9-14-20/h6-7,11-12,16,19H,3-5,8-10,13-15H2,1-2H3. The van der Waals surface area contributed by atoms with Crippen molar-refractivity contribution in [2.24, 2.45) is 0 Å². The topological polar surface area (TPSA) is 15.3 Å². The van der Waals surface area contributed by atoms with Crippen LogP contribution >= 0.6 is 0 Å². The lowest BCUT2D eigenvalue weighted by atomic mass is 10.1. The molecule has 2 nitrogen and oxygen atoms in total. The molecule has 2 heteroatoms. The zero-order valence-electron chi connectivity index (χ0n) is 13.2. The molecule has 20 heavy (non-hydrogen) atoms. The highest BCUT2D eigenvalue weighted by Crippen LogP contribution is 2.24. The van der Waals surface area contributed by atoms with Gasteiger partial charge in [-0.15, -0.1) is 0 Å². The second kappa shape index (κ2) is 8.31. The third-order valence-corrected chi connectivity index (χ3v) is 4.32. The van der Waals surface area contributed by atoms with E-state index >= 15 is 0 Å². The van der Waals surface area contributed by atoms with Crippen LogP contribution in [0.5, 0.6) is 0 Å². The summed E-state index contributed by atoms with van der Waals surface area (Å²) in [7, 11) is 0. The Morgan fingerprint density at radius 3 is 2.65 bits per heavy atom. The first-order valence-corrected chi connectivity index (χ1v) is 8.37. The molecule has 1 fully saturated rings. The van der Waals surface area contributed by atoms with Crippen molar-refractivity contribution in [1.29, 1.82) is 0 Å². The van der Waals surface area contributed by atoms with Crippen LogP contribution in [0.15, 0.2) is 24.3 Å². The Morgan fingerprint density at radius 1 is 1.15 bits per heavy atom. The summed E-state index contributed by atoms with van der Waals surface area (Å²) in [5, 5.41) is 3.70. The lowest BCUT2D eigenvalue weighted by Gasteiger charge is -2.22. The fraction of sp³-hybridized carbons (Fsp3) is 0.667. The molecule has 1 aliphatic heterocycles. The minimum Gasteiger partial charge on any atom is -0.371 e. The Morgan fingerprint density at radius 2 is 1.90 bits per heavy atom. The van der Waals surface area contributed by atoms with E-state index < -0.39 is 0 Å². The zero-order chi connectivity index (χ0) is 14.2. The van der Waals surface area contributed by atoms with Crippen molar-refractivity contribution in [3.8, 4) is 0 Å². The number of anilines is 1. The van der Waals surface area contributed by atoms with Crippen molar-refractivity contribution in [2.75, 3.05) is 18.0 Å². The van der Waals surface area contributed by atoms with E-state index in [1.807, 2.05) is 0 Å². The van der Waals surface area contributed by atoms with E-state index in [9.17, 15) is 0 Å². The largest absolute Gasteiger partial charge is 0.371 e. The second-order valence-corrected chi connectivity index (χ2v) is 6.10. The van der Waals surface area contributed by atoms with E-state index in [-0.39, 0.29) is 0 Å². The van der Waals surface area contributed by atoms with Gasteiger partial charge in [-0.25, -0.2) is 0 Å². The van der Waals surface area contributed by atoms with Crippen molar-refractivity contribution in [1.82, 2.24) is 5.32 Å². The van der Waals surface area contributed by atoms with E-state index in [4.69, 9.17) is 0 Å². The van der Waals surface area contributed by atoms with Gasteiger partial charge in [0.05, 0.1) is 0 Å². The molecular formula is C18H30N2. The zero-order valence-corrected chi connectivity index (χ0v) is 13.2. The van der Waals surface area contributed by atoms with Gasteiger partial charge in [-0.2, -0.15) is 0 Å². The maximum Gasteiger partial charge on any atom is 0.0411 e. The van der Waals surface area contributed by atoms with Crippen molar-refractivity contribution in [2.45, 2.75) is 65.0 Å². The number of benzene rings is 1. The molecule has 1 aliphatic rings. The molecule has 112 valence electrons. The van der Waals surface area contributed by atoms with E-state index in [2.05, 4.69) is 48.3 Å². The first-order valence-electron chi connectivity index (χ1n) is 8.37. The normalized spacial score (nSPS) is 16.6. The highest BCUT2D eigenvalue weighted by atomic mass is 15.1. The number of nitrogens with zero attached hydrogens (tertiary/aromatic N) is 1.